The Labute approximate surface area is 188 Å². The van der Waals surface area contributed by atoms with Crippen molar-refractivity contribution in [1.29, 1.82) is 0 Å². The molecule has 0 atom stereocenters. The molecule has 1 amide bonds. The van der Waals surface area contributed by atoms with Crippen LogP contribution in [0, 0.1) is 0 Å². The van der Waals surface area contributed by atoms with Gasteiger partial charge in [0.05, 0.1) is 0 Å². The Hall–Kier alpha value is -1.51. The van der Waals surface area contributed by atoms with Gasteiger partial charge in [0.25, 0.3) is 0 Å². The molecule has 0 aliphatic rings. The van der Waals surface area contributed by atoms with Gasteiger partial charge in [0, 0.05) is 58.4 Å². The molecule has 0 saturated heterocycles. The predicted octanol–water partition coefficient (Wildman–Crippen LogP) is 3.33. The van der Waals surface area contributed by atoms with Crippen LogP contribution in [-0.2, 0) is 4.79 Å². The number of guanidine groups is 1. The number of hydrogen-bond acceptors (Lipinski definition) is 3. The number of benzene rings is 1. The molecule has 0 bridgehead atoms. The second-order valence-corrected chi connectivity index (χ2v) is 6.47. The lowest BCUT2D eigenvalue weighted by Crippen LogP contribution is -2.40. The van der Waals surface area contributed by atoms with E-state index < -0.39 is 0 Å². The van der Waals surface area contributed by atoms with Gasteiger partial charge in [-0.25, -0.2) is 0 Å². The molecule has 0 fully saturated rings. The van der Waals surface area contributed by atoms with Gasteiger partial charge in [0.15, 0.2) is 5.96 Å². The maximum atomic E-state index is 12.0. The van der Waals surface area contributed by atoms with Gasteiger partial charge >= 0.3 is 0 Å². The third-order valence-corrected chi connectivity index (χ3v) is 4.46. The SMILES string of the molecule is CCNC(=NCCCCN(C)c1ccccc1)NCCC(=O)N(CC)CC.I. The molecular weight excluding hydrogens is 465 g/mol. The first-order valence-corrected chi connectivity index (χ1v) is 10.2. The van der Waals surface area contributed by atoms with Gasteiger partial charge in [-0.2, -0.15) is 0 Å². The van der Waals surface area contributed by atoms with Gasteiger partial charge in [-0.1, -0.05) is 18.2 Å². The highest BCUT2D eigenvalue weighted by molar-refractivity contribution is 14.0. The van der Waals surface area contributed by atoms with Crippen LogP contribution in [0.2, 0.25) is 0 Å². The zero-order valence-corrected chi connectivity index (χ0v) is 20.2. The Morgan fingerprint density at radius 3 is 2.32 bits per heavy atom. The number of amides is 1. The van der Waals surface area contributed by atoms with Crippen LogP contribution in [0.15, 0.2) is 35.3 Å². The van der Waals surface area contributed by atoms with Gasteiger partial charge in [0.1, 0.15) is 0 Å². The van der Waals surface area contributed by atoms with Gasteiger partial charge in [0.2, 0.25) is 5.91 Å². The topological polar surface area (TPSA) is 60.0 Å². The summed E-state index contributed by atoms with van der Waals surface area (Å²) in [5, 5.41) is 6.50. The number of carbonyl (C=O) groups is 1. The molecule has 0 unspecified atom stereocenters. The van der Waals surface area contributed by atoms with Crippen molar-refractivity contribution >= 4 is 41.5 Å². The normalized spacial score (nSPS) is 10.8. The van der Waals surface area contributed by atoms with Gasteiger partial charge in [-0.3, -0.25) is 9.79 Å². The first-order chi connectivity index (χ1) is 13.1. The average Bonchev–Trinajstić information content (AvgIpc) is 2.69. The van der Waals surface area contributed by atoms with E-state index >= 15 is 0 Å². The molecule has 1 aromatic rings. The van der Waals surface area contributed by atoms with E-state index in [1.54, 1.807) is 0 Å². The molecule has 0 aliphatic carbocycles. The third kappa shape index (κ3) is 10.7. The van der Waals surface area contributed by atoms with Crippen LogP contribution in [0.4, 0.5) is 5.69 Å². The highest BCUT2D eigenvalue weighted by Crippen LogP contribution is 2.11. The van der Waals surface area contributed by atoms with Crippen molar-refractivity contribution in [3.8, 4) is 0 Å². The summed E-state index contributed by atoms with van der Waals surface area (Å²) in [6.45, 7) is 10.8. The minimum atomic E-state index is 0. The van der Waals surface area contributed by atoms with E-state index in [9.17, 15) is 4.79 Å². The quantitative estimate of drug-likeness (QED) is 0.199. The summed E-state index contributed by atoms with van der Waals surface area (Å²) in [6.07, 6.45) is 2.62. The van der Waals surface area contributed by atoms with E-state index in [0.29, 0.717) is 13.0 Å². The fraction of sp³-hybridized carbons (Fsp3) is 0.619. The van der Waals surface area contributed by atoms with Gasteiger partial charge < -0.3 is 20.4 Å². The first-order valence-electron chi connectivity index (χ1n) is 10.2. The van der Waals surface area contributed by atoms with Crippen molar-refractivity contribution in [2.24, 2.45) is 4.99 Å². The lowest BCUT2D eigenvalue weighted by atomic mass is 10.2. The van der Waals surface area contributed by atoms with E-state index in [1.165, 1.54) is 5.69 Å². The number of unbranched alkanes of at least 4 members (excludes halogenated alkanes) is 1. The predicted molar refractivity (Wildman–Crippen MR) is 131 cm³/mol. The third-order valence-electron chi connectivity index (χ3n) is 4.46. The lowest BCUT2D eigenvalue weighted by Gasteiger charge is -2.19. The number of halogens is 1. The number of nitrogens with one attached hydrogen (secondary N) is 2. The maximum Gasteiger partial charge on any atom is 0.224 e. The van der Waals surface area contributed by atoms with Gasteiger partial charge in [-0.15, -0.1) is 24.0 Å². The summed E-state index contributed by atoms with van der Waals surface area (Å²) >= 11 is 0. The molecule has 7 heteroatoms. The lowest BCUT2D eigenvalue weighted by molar-refractivity contribution is -0.130. The zero-order chi connectivity index (χ0) is 19.9. The molecule has 1 aromatic carbocycles. The molecule has 0 aliphatic heterocycles. The Morgan fingerprint density at radius 2 is 1.71 bits per heavy atom. The van der Waals surface area contributed by atoms with Crippen molar-refractivity contribution < 1.29 is 4.79 Å². The number of rotatable bonds is 12. The second kappa shape index (κ2) is 16.4. The fourth-order valence-electron chi connectivity index (χ4n) is 2.83. The zero-order valence-electron chi connectivity index (χ0n) is 17.9. The van der Waals surface area contributed by atoms with Crippen LogP contribution >= 0.6 is 24.0 Å². The molecule has 6 nitrogen and oxygen atoms in total. The maximum absolute atomic E-state index is 12.0. The van der Waals surface area contributed by atoms with Crippen LogP contribution in [0.5, 0.6) is 0 Å². The van der Waals surface area contributed by atoms with Crippen LogP contribution in [-0.4, -0.2) is 63.1 Å². The van der Waals surface area contributed by atoms with Crippen molar-refractivity contribution in [3.63, 3.8) is 0 Å². The summed E-state index contributed by atoms with van der Waals surface area (Å²) in [7, 11) is 2.12. The van der Waals surface area contributed by atoms with E-state index in [-0.39, 0.29) is 29.9 Å². The first kappa shape index (κ1) is 26.5. The molecule has 1 rings (SSSR count). The van der Waals surface area contributed by atoms with Crippen LogP contribution < -0.4 is 15.5 Å². The van der Waals surface area contributed by atoms with E-state index in [2.05, 4.69) is 51.8 Å². The Bertz CT molecular complexity index is 549. The van der Waals surface area contributed by atoms with Crippen LogP contribution in [0.25, 0.3) is 0 Å². The summed E-state index contributed by atoms with van der Waals surface area (Å²) < 4.78 is 0. The highest BCUT2D eigenvalue weighted by atomic mass is 127. The van der Waals surface area contributed by atoms with Crippen LogP contribution in [0.1, 0.15) is 40.0 Å². The standard InChI is InChI=1S/C21H37N5O.HI/c1-5-22-21(24-17-15-20(27)26(6-2)7-3)23-16-11-12-18-25(4)19-13-9-8-10-14-19;/h8-10,13-14H,5-7,11-12,15-18H2,1-4H3,(H2,22,23,24);1H. The number of aliphatic imine (C=N–C) groups is 1. The summed E-state index contributed by atoms with van der Waals surface area (Å²) in [6, 6.07) is 10.4. The molecule has 0 heterocycles. The minimum Gasteiger partial charge on any atom is -0.375 e. The Morgan fingerprint density at radius 1 is 1.04 bits per heavy atom. The van der Waals surface area contributed by atoms with Gasteiger partial charge in [-0.05, 0) is 45.7 Å². The van der Waals surface area contributed by atoms with Crippen molar-refractivity contribution in [3.05, 3.63) is 30.3 Å². The molecule has 28 heavy (non-hydrogen) atoms. The Balaban J connectivity index is 0.00000729. The molecule has 0 saturated carbocycles. The van der Waals surface area contributed by atoms with E-state index in [0.717, 1.165) is 51.5 Å². The Kier molecular flexibility index (Phi) is 15.6. The number of carbonyl (C=O) groups excluding carboxylic acids is 1. The molecular formula is C21H38IN5O. The largest absolute Gasteiger partial charge is 0.375 e. The van der Waals surface area contributed by atoms with Crippen LogP contribution in [0.3, 0.4) is 0 Å². The number of para-hydroxylation sites is 1. The monoisotopic (exact) mass is 503 g/mol. The second-order valence-electron chi connectivity index (χ2n) is 6.47. The summed E-state index contributed by atoms with van der Waals surface area (Å²) in [5.74, 6) is 0.980. The minimum absolute atomic E-state index is 0. The van der Waals surface area contributed by atoms with E-state index in [4.69, 9.17) is 0 Å². The van der Waals surface area contributed by atoms with Crippen molar-refractivity contribution in [1.82, 2.24) is 15.5 Å². The molecule has 0 spiro atoms. The highest BCUT2D eigenvalue weighted by Gasteiger charge is 2.09. The number of anilines is 1. The smallest absolute Gasteiger partial charge is 0.224 e. The molecule has 160 valence electrons. The number of nitrogens with zero attached hydrogens (tertiary/aromatic N) is 3. The van der Waals surface area contributed by atoms with E-state index in [1.807, 2.05) is 31.7 Å². The molecule has 2 N–H and O–H groups in total. The summed E-state index contributed by atoms with van der Waals surface area (Å²) in [5.41, 5.74) is 1.24. The molecule has 0 aromatic heterocycles. The number of hydrogen-bond donors (Lipinski definition) is 2. The summed E-state index contributed by atoms with van der Waals surface area (Å²) in [4.78, 5) is 20.8. The van der Waals surface area contributed by atoms with Crippen molar-refractivity contribution in [2.75, 3.05) is 51.2 Å². The fourth-order valence-corrected chi connectivity index (χ4v) is 2.83. The van der Waals surface area contributed by atoms with Crippen molar-refractivity contribution in [2.45, 2.75) is 40.0 Å². The average molecular weight is 503 g/mol. The molecule has 0 radical (unpaired) electrons.